The third-order valence-electron chi connectivity index (χ3n) is 3.26. The van der Waals surface area contributed by atoms with Crippen LogP contribution in [0.15, 0.2) is 55.1 Å². The minimum absolute atomic E-state index is 0.157. The van der Waals surface area contributed by atoms with E-state index >= 15 is 0 Å². The van der Waals surface area contributed by atoms with Gasteiger partial charge in [0.2, 0.25) is 0 Å². The zero-order chi connectivity index (χ0) is 16.1. The van der Waals surface area contributed by atoms with Crippen molar-refractivity contribution in [3.8, 4) is 5.69 Å². The molecule has 0 saturated carbocycles. The monoisotopic (exact) mass is 296 g/mol. The van der Waals surface area contributed by atoms with E-state index in [2.05, 4.69) is 18.1 Å². The summed E-state index contributed by atoms with van der Waals surface area (Å²) in [5, 5.41) is 0. The maximum absolute atomic E-state index is 11.7. The average molecular weight is 296 g/mol. The fraction of sp³-hybridized carbons (Fsp3) is 0.222. The third kappa shape index (κ3) is 3.34. The molecule has 114 valence electrons. The molecule has 0 saturated heterocycles. The Morgan fingerprint density at radius 2 is 2.05 bits per heavy atom. The van der Waals surface area contributed by atoms with Gasteiger partial charge in [0.05, 0.1) is 11.4 Å². The second-order valence-corrected chi connectivity index (χ2v) is 5.07. The first-order valence-electron chi connectivity index (χ1n) is 7.10. The molecular weight excluding hydrogens is 276 g/mol. The maximum Gasteiger partial charge on any atom is 0.333 e. The summed E-state index contributed by atoms with van der Waals surface area (Å²) in [5.41, 5.74) is 3.10. The number of hydrogen-bond donors (Lipinski definition) is 0. The van der Waals surface area contributed by atoms with Crippen molar-refractivity contribution in [3.05, 3.63) is 72.4 Å². The summed E-state index contributed by atoms with van der Waals surface area (Å²) < 4.78 is 7.32. The molecular formula is C18H20N2O2. The molecule has 0 bridgehead atoms. The van der Waals surface area contributed by atoms with E-state index in [1.807, 2.05) is 41.8 Å². The van der Waals surface area contributed by atoms with Crippen molar-refractivity contribution in [2.24, 2.45) is 0 Å². The highest BCUT2D eigenvalue weighted by Gasteiger charge is 2.17. The fourth-order valence-electron chi connectivity index (χ4n) is 2.26. The lowest BCUT2D eigenvalue weighted by Crippen LogP contribution is -2.10. The number of carbonyl (C=O) groups excluding carboxylic acids is 1. The summed E-state index contributed by atoms with van der Waals surface area (Å²) in [6.45, 7) is 11.1. The lowest BCUT2D eigenvalue weighted by Gasteiger charge is -2.12. The van der Waals surface area contributed by atoms with Gasteiger partial charge in [0, 0.05) is 17.7 Å². The number of ether oxygens (including phenoxy) is 1. The second kappa shape index (κ2) is 6.89. The highest BCUT2D eigenvalue weighted by atomic mass is 16.5. The van der Waals surface area contributed by atoms with Crippen LogP contribution >= 0.6 is 0 Å². The first-order valence-corrected chi connectivity index (χ1v) is 7.10. The van der Waals surface area contributed by atoms with Crippen LogP contribution < -0.4 is 0 Å². The zero-order valence-electron chi connectivity index (χ0n) is 13.0. The molecule has 0 N–H and O–H groups in total. The van der Waals surface area contributed by atoms with Crippen LogP contribution in [-0.2, 0) is 22.6 Å². The topological polar surface area (TPSA) is 44.1 Å². The number of allylic oxidation sites excluding steroid dienone is 1. The molecule has 0 spiro atoms. The summed E-state index contributed by atoms with van der Waals surface area (Å²) in [6, 6.07) is 9.88. The van der Waals surface area contributed by atoms with Gasteiger partial charge < -0.3 is 4.74 Å². The number of aromatic nitrogens is 2. The summed E-state index contributed by atoms with van der Waals surface area (Å²) in [7, 11) is 0. The molecule has 0 aliphatic rings. The molecule has 1 aromatic carbocycles. The third-order valence-corrected chi connectivity index (χ3v) is 3.26. The number of rotatable bonds is 6. The first-order chi connectivity index (χ1) is 10.5. The van der Waals surface area contributed by atoms with E-state index in [0.717, 1.165) is 22.9 Å². The number of hydrogen-bond acceptors (Lipinski definition) is 3. The number of benzene rings is 1. The van der Waals surface area contributed by atoms with Crippen molar-refractivity contribution < 1.29 is 9.53 Å². The maximum atomic E-state index is 11.7. The molecule has 0 aliphatic heterocycles. The quantitative estimate of drug-likeness (QED) is 0.465. The second-order valence-electron chi connectivity index (χ2n) is 5.07. The number of imidazole rings is 1. The van der Waals surface area contributed by atoms with E-state index in [-0.39, 0.29) is 6.61 Å². The largest absolute Gasteiger partial charge is 0.456 e. The van der Waals surface area contributed by atoms with E-state index in [9.17, 15) is 4.79 Å². The lowest BCUT2D eigenvalue weighted by molar-refractivity contribution is -0.140. The molecule has 22 heavy (non-hydrogen) atoms. The van der Waals surface area contributed by atoms with Gasteiger partial charge >= 0.3 is 5.97 Å². The SMILES string of the molecule is C=CCc1nc(C)n(-c2ccccc2)c1COC(=O)C(=C)C. The van der Waals surface area contributed by atoms with Gasteiger partial charge in [-0.25, -0.2) is 9.78 Å². The average Bonchev–Trinajstić information content (AvgIpc) is 2.81. The zero-order valence-corrected chi connectivity index (χ0v) is 13.0. The van der Waals surface area contributed by atoms with Gasteiger partial charge in [-0.05, 0) is 26.0 Å². The van der Waals surface area contributed by atoms with Gasteiger partial charge in [-0.2, -0.15) is 0 Å². The Kier molecular flexibility index (Phi) is 4.94. The number of carbonyl (C=O) groups is 1. The summed E-state index contributed by atoms with van der Waals surface area (Å²) in [5.74, 6) is 0.451. The van der Waals surface area contributed by atoms with E-state index in [1.165, 1.54) is 0 Å². The Morgan fingerprint density at radius 1 is 1.36 bits per heavy atom. The normalized spacial score (nSPS) is 10.3. The number of para-hydroxylation sites is 1. The molecule has 4 heteroatoms. The minimum Gasteiger partial charge on any atom is -0.456 e. The summed E-state index contributed by atoms with van der Waals surface area (Å²) >= 11 is 0. The predicted molar refractivity (Wildman–Crippen MR) is 86.8 cm³/mol. The molecule has 0 unspecified atom stereocenters. The van der Waals surface area contributed by atoms with Crippen molar-refractivity contribution in [1.29, 1.82) is 0 Å². The van der Waals surface area contributed by atoms with Crippen molar-refractivity contribution >= 4 is 5.97 Å². The number of nitrogens with zero attached hydrogens (tertiary/aromatic N) is 2. The van der Waals surface area contributed by atoms with Crippen molar-refractivity contribution in [3.63, 3.8) is 0 Å². The Balaban J connectivity index is 2.42. The lowest BCUT2D eigenvalue weighted by atomic mass is 10.2. The van der Waals surface area contributed by atoms with Crippen LogP contribution in [-0.4, -0.2) is 15.5 Å². The van der Waals surface area contributed by atoms with E-state index < -0.39 is 5.97 Å². The van der Waals surface area contributed by atoms with Crippen LogP contribution in [0.4, 0.5) is 0 Å². The highest BCUT2D eigenvalue weighted by molar-refractivity contribution is 5.86. The molecule has 0 amide bonds. The van der Waals surface area contributed by atoms with Gasteiger partial charge in [-0.15, -0.1) is 6.58 Å². The molecule has 0 atom stereocenters. The highest BCUT2D eigenvalue weighted by Crippen LogP contribution is 2.20. The Hall–Kier alpha value is -2.62. The minimum atomic E-state index is -0.400. The van der Waals surface area contributed by atoms with Crippen molar-refractivity contribution in [2.45, 2.75) is 26.9 Å². The Bertz CT molecular complexity index is 699. The predicted octanol–water partition coefficient (Wildman–Crippen LogP) is 3.53. The summed E-state index contributed by atoms with van der Waals surface area (Å²) in [6.07, 6.45) is 2.42. The Morgan fingerprint density at radius 3 is 2.64 bits per heavy atom. The summed E-state index contributed by atoms with van der Waals surface area (Å²) in [4.78, 5) is 16.2. The van der Waals surface area contributed by atoms with Crippen LogP contribution in [0, 0.1) is 6.92 Å². The van der Waals surface area contributed by atoms with Gasteiger partial charge in [0.15, 0.2) is 0 Å². The van der Waals surface area contributed by atoms with Crippen LogP contribution in [0.5, 0.6) is 0 Å². The molecule has 0 aliphatic carbocycles. The molecule has 1 heterocycles. The molecule has 0 fully saturated rings. The van der Waals surface area contributed by atoms with Gasteiger partial charge in [0.1, 0.15) is 12.4 Å². The van der Waals surface area contributed by atoms with E-state index in [1.54, 1.807) is 13.0 Å². The van der Waals surface area contributed by atoms with Crippen LogP contribution in [0.3, 0.4) is 0 Å². The van der Waals surface area contributed by atoms with Crippen molar-refractivity contribution in [1.82, 2.24) is 9.55 Å². The van der Waals surface area contributed by atoms with Crippen LogP contribution in [0.1, 0.15) is 24.1 Å². The standard InChI is InChI=1S/C18H20N2O2/c1-5-9-16-17(12-22-18(21)13(2)3)20(14(4)19-16)15-10-7-6-8-11-15/h5-8,10-11H,1-2,9,12H2,3-4H3. The van der Waals surface area contributed by atoms with Gasteiger partial charge in [0.25, 0.3) is 0 Å². The van der Waals surface area contributed by atoms with E-state index in [4.69, 9.17) is 4.74 Å². The molecule has 1 aromatic heterocycles. The Labute approximate surface area is 130 Å². The van der Waals surface area contributed by atoms with Crippen LogP contribution in [0.2, 0.25) is 0 Å². The smallest absolute Gasteiger partial charge is 0.333 e. The molecule has 2 aromatic rings. The van der Waals surface area contributed by atoms with Crippen LogP contribution in [0.25, 0.3) is 5.69 Å². The first kappa shape index (κ1) is 15.8. The molecule has 0 radical (unpaired) electrons. The van der Waals surface area contributed by atoms with Crippen molar-refractivity contribution in [2.75, 3.05) is 0 Å². The fourth-order valence-corrected chi connectivity index (χ4v) is 2.26. The number of esters is 1. The number of aryl methyl sites for hydroxylation is 1. The van der Waals surface area contributed by atoms with Gasteiger partial charge in [-0.3, -0.25) is 4.57 Å². The molecule has 4 nitrogen and oxygen atoms in total. The van der Waals surface area contributed by atoms with Gasteiger partial charge in [-0.1, -0.05) is 30.9 Å². The molecule has 2 rings (SSSR count). The van der Waals surface area contributed by atoms with E-state index in [0.29, 0.717) is 12.0 Å².